The Morgan fingerprint density at radius 1 is 1.11 bits per heavy atom. The van der Waals surface area contributed by atoms with Crippen molar-refractivity contribution >= 4 is 5.69 Å². The quantitative estimate of drug-likeness (QED) is 0.874. The largest absolute Gasteiger partial charge is 0.382 e. The van der Waals surface area contributed by atoms with Crippen LogP contribution in [0.15, 0.2) is 18.2 Å². The van der Waals surface area contributed by atoms with Gasteiger partial charge in [-0.15, -0.1) is 0 Å². The van der Waals surface area contributed by atoms with Crippen molar-refractivity contribution in [3.8, 4) is 12.1 Å². The van der Waals surface area contributed by atoms with Crippen molar-refractivity contribution < 1.29 is 0 Å². The van der Waals surface area contributed by atoms with Crippen LogP contribution in [-0.2, 0) is 0 Å². The van der Waals surface area contributed by atoms with Gasteiger partial charge >= 0.3 is 0 Å². The van der Waals surface area contributed by atoms with Crippen LogP contribution in [0.3, 0.4) is 0 Å². The Labute approximate surface area is 114 Å². The molecule has 0 bridgehead atoms. The van der Waals surface area contributed by atoms with Crippen molar-refractivity contribution in [2.24, 2.45) is 11.8 Å². The van der Waals surface area contributed by atoms with Crippen LogP contribution in [0.25, 0.3) is 0 Å². The van der Waals surface area contributed by atoms with Gasteiger partial charge in [-0.25, -0.2) is 0 Å². The smallest absolute Gasteiger partial charge is 0.101 e. The summed E-state index contributed by atoms with van der Waals surface area (Å²) in [6, 6.07) is 9.98. The highest BCUT2D eigenvalue weighted by atomic mass is 14.9. The summed E-state index contributed by atoms with van der Waals surface area (Å²) in [6.07, 6.45) is 3.72. The third-order valence-corrected chi connectivity index (χ3v) is 4.07. The van der Waals surface area contributed by atoms with Gasteiger partial charge in [-0.05, 0) is 42.9 Å². The van der Waals surface area contributed by atoms with Crippen molar-refractivity contribution in [1.29, 1.82) is 10.5 Å². The zero-order valence-electron chi connectivity index (χ0n) is 11.5. The van der Waals surface area contributed by atoms with E-state index in [4.69, 9.17) is 10.5 Å². The molecule has 3 atom stereocenters. The molecule has 1 aromatic rings. The van der Waals surface area contributed by atoms with Crippen LogP contribution in [0.4, 0.5) is 5.69 Å². The molecule has 1 fully saturated rings. The van der Waals surface area contributed by atoms with Gasteiger partial charge in [-0.3, -0.25) is 0 Å². The SMILES string of the molecule is CC1CCC(C)C(Nc2ccc(C#N)c(C#N)c2)C1. The molecule has 2 rings (SSSR count). The Hall–Kier alpha value is -2.00. The average Bonchev–Trinajstić information content (AvgIpc) is 2.42. The first-order chi connectivity index (χ1) is 9.13. The molecular weight excluding hydrogens is 234 g/mol. The third kappa shape index (κ3) is 3.06. The lowest BCUT2D eigenvalue weighted by Crippen LogP contribution is -2.33. The van der Waals surface area contributed by atoms with E-state index in [0.29, 0.717) is 23.1 Å². The van der Waals surface area contributed by atoms with E-state index in [0.717, 1.165) is 11.6 Å². The zero-order chi connectivity index (χ0) is 13.8. The number of hydrogen-bond acceptors (Lipinski definition) is 3. The molecule has 98 valence electrons. The van der Waals surface area contributed by atoms with Crippen LogP contribution < -0.4 is 5.32 Å². The number of nitrogens with zero attached hydrogens (tertiary/aromatic N) is 2. The minimum absolute atomic E-state index is 0.443. The minimum atomic E-state index is 0.443. The average molecular weight is 253 g/mol. The van der Waals surface area contributed by atoms with E-state index in [-0.39, 0.29) is 0 Å². The van der Waals surface area contributed by atoms with Crippen LogP contribution in [0.2, 0.25) is 0 Å². The van der Waals surface area contributed by atoms with Gasteiger partial charge in [0.2, 0.25) is 0 Å². The number of hydrogen-bond donors (Lipinski definition) is 1. The topological polar surface area (TPSA) is 59.6 Å². The van der Waals surface area contributed by atoms with Gasteiger partial charge in [-0.2, -0.15) is 10.5 Å². The molecule has 0 amide bonds. The molecule has 0 saturated heterocycles. The number of rotatable bonds is 2. The molecule has 1 saturated carbocycles. The van der Waals surface area contributed by atoms with E-state index >= 15 is 0 Å². The molecule has 1 aromatic carbocycles. The van der Waals surface area contributed by atoms with Crippen LogP contribution in [0, 0.1) is 34.5 Å². The van der Waals surface area contributed by atoms with Gasteiger partial charge in [0, 0.05) is 11.7 Å². The summed E-state index contributed by atoms with van der Waals surface area (Å²) in [5.41, 5.74) is 1.84. The fraction of sp³-hybridized carbons (Fsp3) is 0.500. The highest BCUT2D eigenvalue weighted by Gasteiger charge is 2.25. The summed E-state index contributed by atoms with van der Waals surface area (Å²) in [7, 11) is 0. The van der Waals surface area contributed by atoms with Crippen molar-refractivity contribution in [2.75, 3.05) is 5.32 Å². The Bertz CT molecular complexity index is 536. The lowest BCUT2D eigenvalue weighted by Gasteiger charge is -2.34. The lowest BCUT2D eigenvalue weighted by molar-refractivity contribution is 0.281. The monoisotopic (exact) mass is 253 g/mol. The van der Waals surface area contributed by atoms with Gasteiger partial charge in [0.15, 0.2) is 0 Å². The standard InChI is InChI=1S/C16H19N3/c1-11-3-4-12(2)16(7-11)19-15-6-5-13(9-17)14(8-15)10-18/h5-6,8,11-12,16,19H,3-4,7H2,1-2H3. The molecule has 1 aliphatic carbocycles. The summed E-state index contributed by atoms with van der Waals surface area (Å²) < 4.78 is 0. The summed E-state index contributed by atoms with van der Waals surface area (Å²) in [6.45, 7) is 4.57. The van der Waals surface area contributed by atoms with Gasteiger partial charge < -0.3 is 5.32 Å². The van der Waals surface area contributed by atoms with E-state index in [1.54, 1.807) is 12.1 Å². The third-order valence-electron chi connectivity index (χ3n) is 4.07. The molecule has 0 spiro atoms. The molecule has 0 heterocycles. The number of nitrogens with one attached hydrogen (secondary N) is 1. The Balaban J connectivity index is 2.15. The second-order valence-corrected chi connectivity index (χ2v) is 5.63. The molecule has 3 heteroatoms. The van der Waals surface area contributed by atoms with Crippen molar-refractivity contribution in [1.82, 2.24) is 0 Å². The molecule has 0 aromatic heterocycles. The van der Waals surface area contributed by atoms with Crippen LogP contribution >= 0.6 is 0 Å². The Morgan fingerprint density at radius 3 is 2.53 bits per heavy atom. The molecular formula is C16H19N3. The van der Waals surface area contributed by atoms with E-state index in [1.165, 1.54) is 19.3 Å². The van der Waals surface area contributed by atoms with E-state index in [9.17, 15) is 0 Å². The first-order valence-electron chi connectivity index (χ1n) is 6.84. The van der Waals surface area contributed by atoms with E-state index < -0.39 is 0 Å². The summed E-state index contributed by atoms with van der Waals surface area (Å²) in [5.74, 6) is 1.40. The fourth-order valence-corrected chi connectivity index (χ4v) is 2.77. The van der Waals surface area contributed by atoms with Crippen molar-refractivity contribution in [2.45, 2.75) is 39.2 Å². The van der Waals surface area contributed by atoms with Crippen molar-refractivity contribution in [3.05, 3.63) is 29.3 Å². The maximum Gasteiger partial charge on any atom is 0.101 e. The maximum absolute atomic E-state index is 9.05. The minimum Gasteiger partial charge on any atom is -0.382 e. The van der Waals surface area contributed by atoms with Crippen LogP contribution in [0.1, 0.15) is 44.2 Å². The second-order valence-electron chi connectivity index (χ2n) is 5.63. The first-order valence-corrected chi connectivity index (χ1v) is 6.84. The molecule has 19 heavy (non-hydrogen) atoms. The molecule has 1 aliphatic rings. The Kier molecular flexibility index (Phi) is 4.07. The molecule has 1 N–H and O–H groups in total. The number of anilines is 1. The van der Waals surface area contributed by atoms with Gasteiger partial charge in [-0.1, -0.05) is 20.3 Å². The summed E-state index contributed by atoms with van der Waals surface area (Å²) in [4.78, 5) is 0. The predicted molar refractivity (Wildman–Crippen MR) is 75.5 cm³/mol. The lowest BCUT2D eigenvalue weighted by atomic mass is 9.80. The van der Waals surface area contributed by atoms with E-state index in [1.807, 2.05) is 12.1 Å². The van der Waals surface area contributed by atoms with Gasteiger partial charge in [0.25, 0.3) is 0 Å². The van der Waals surface area contributed by atoms with E-state index in [2.05, 4.69) is 25.2 Å². The highest BCUT2D eigenvalue weighted by molar-refractivity contribution is 5.56. The van der Waals surface area contributed by atoms with Crippen LogP contribution in [0.5, 0.6) is 0 Å². The van der Waals surface area contributed by atoms with Gasteiger partial charge in [0.1, 0.15) is 12.1 Å². The Morgan fingerprint density at radius 2 is 1.84 bits per heavy atom. The normalized spacial score (nSPS) is 26.2. The zero-order valence-corrected chi connectivity index (χ0v) is 11.5. The molecule has 3 unspecified atom stereocenters. The maximum atomic E-state index is 9.05. The number of nitriles is 2. The molecule has 3 nitrogen and oxygen atoms in total. The van der Waals surface area contributed by atoms with Gasteiger partial charge in [0.05, 0.1) is 11.1 Å². The summed E-state index contributed by atoms with van der Waals surface area (Å²) >= 11 is 0. The van der Waals surface area contributed by atoms with Crippen LogP contribution in [-0.4, -0.2) is 6.04 Å². The highest BCUT2D eigenvalue weighted by Crippen LogP contribution is 2.31. The number of benzene rings is 1. The second kappa shape index (κ2) is 5.76. The van der Waals surface area contributed by atoms with Crippen molar-refractivity contribution in [3.63, 3.8) is 0 Å². The summed E-state index contributed by atoms with van der Waals surface area (Å²) in [5, 5.41) is 21.5. The predicted octanol–water partition coefficient (Wildman–Crippen LogP) is 3.67. The fourth-order valence-electron chi connectivity index (χ4n) is 2.77. The molecule has 0 aliphatic heterocycles. The first kappa shape index (κ1) is 13.4. The molecule has 0 radical (unpaired) electrons.